The number of carbonyl (C=O) groups is 1. The van der Waals surface area contributed by atoms with Gasteiger partial charge in [-0.25, -0.2) is 4.98 Å². The van der Waals surface area contributed by atoms with Crippen LogP contribution in [0, 0.1) is 23.7 Å². The minimum atomic E-state index is -0.428. The van der Waals surface area contributed by atoms with Crippen LogP contribution in [0.1, 0.15) is 59.6 Å². The molecule has 0 aliphatic heterocycles. The highest BCUT2D eigenvalue weighted by Crippen LogP contribution is 2.59. The molecule has 27 heavy (non-hydrogen) atoms. The Bertz CT molecular complexity index is 845. The van der Waals surface area contributed by atoms with Crippen LogP contribution in [0.3, 0.4) is 0 Å². The first-order valence-electron chi connectivity index (χ1n) is 9.92. The van der Waals surface area contributed by atoms with Crippen LogP contribution in [0.25, 0.3) is 0 Å². The van der Waals surface area contributed by atoms with Crippen molar-refractivity contribution in [3.63, 3.8) is 0 Å². The molecule has 1 aromatic heterocycles. The van der Waals surface area contributed by atoms with Gasteiger partial charge in [-0.2, -0.15) is 0 Å². The fraction of sp³-hybridized carbons (Fsp3) is 0.545. The molecule has 142 valence electrons. The molecule has 4 bridgehead atoms. The Morgan fingerprint density at radius 2 is 1.89 bits per heavy atom. The predicted octanol–water partition coefficient (Wildman–Crippen LogP) is 5.15. The molecule has 4 fully saturated rings. The molecule has 4 aliphatic rings. The van der Waals surface area contributed by atoms with Crippen LogP contribution in [-0.2, 0) is 6.42 Å². The summed E-state index contributed by atoms with van der Waals surface area (Å²) in [6.07, 6.45) is 6.53. The second-order valence-corrected chi connectivity index (χ2v) is 10.3. The standard InChI is InChI=1S/C22H24ClNO2S/c23-17-3-1-13(2-4-17)7-21-24-19(12-27-21)20(25)8-18-15-5-14-6-16(18)11-22(26,9-14)10-15/h1-4,12,14-16,18,26H,5-11H2. The molecule has 2 atom stereocenters. The molecule has 1 heterocycles. The molecule has 1 aromatic carbocycles. The van der Waals surface area contributed by atoms with Crippen molar-refractivity contribution < 1.29 is 9.90 Å². The highest BCUT2D eigenvalue weighted by atomic mass is 35.5. The van der Waals surface area contributed by atoms with Gasteiger partial charge >= 0.3 is 0 Å². The van der Waals surface area contributed by atoms with Crippen LogP contribution in [0.4, 0.5) is 0 Å². The van der Waals surface area contributed by atoms with Crippen molar-refractivity contribution in [1.82, 2.24) is 4.98 Å². The van der Waals surface area contributed by atoms with Gasteiger partial charge in [0.2, 0.25) is 0 Å². The zero-order chi connectivity index (χ0) is 18.6. The van der Waals surface area contributed by atoms with Gasteiger partial charge in [0, 0.05) is 23.2 Å². The lowest BCUT2D eigenvalue weighted by Gasteiger charge is -2.58. The number of nitrogens with zero attached hydrogens (tertiary/aromatic N) is 1. The van der Waals surface area contributed by atoms with Crippen molar-refractivity contribution in [2.75, 3.05) is 0 Å². The van der Waals surface area contributed by atoms with Gasteiger partial charge < -0.3 is 5.11 Å². The summed E-state index contributed by atoms with van der Waals surface area (Å²) in [5.41, 5.74) is 1.35. The van der Waals surface area contributed by atoms with Crippen molar-refractivity contribution in [1.29, 1.82) is 0 Å². The van der Waals surface area contributed by atoms with Crippen molar-refractivity contribution in [3.05, 3.63) is 50.9 Å². The summed E-state index contributed by atoms with van der Waals surface area (Å²) in [6.45, 7) is 0. The van der Waals surface area contributed by atoms with E-state index in [2.05, 4.69) is 4.98 Å². The number of halogens is 1. The summed E-state index contributed by atoms with van der Waals surface area (Å²) in [5, 5.41) is 14.3. The first-order chi connectivity index (χ1) is 13.0. The van der Waals surface area contributed by atoms with Gasteiger partial charge in [0.1, 0.15) is 5.69 Å². The summed E-state index contributed by atoms with van der Waals surface area (Å²) < 4.78 is 0. The lowest BCUT2D eigenvalue weighted by atomic mass is 9.49. The topological polar surface area (TPSA) is 50.2 Å². The average Bonchev–Trinajstić information content (AvgIpc) is 3.07. The first-order valence-corrected chi connectivity index (χ1v) is 11.2. The zero-order valence-corrected chi connectivity index (χ0v) is 16.8. The van der Waals surface area contributed by atoms with Crippen LogP contribution in [0.15, 0.2) is 29.6 Å². The maximum Gasteiger partial charge on any atom is 0.182 e. The SMILES string of the molecule is O=C(CC1C2CC3CC1CC(O)(C3)C2)c1csc(Cc2ccc(Cl)cc2)n1. The van der Waals surface area contributed by atoms with E-state index >= 15 is 0 Å². The maximum atomic E-state index is 12.9. The Morgan fingerprint density at radius 3 is 2.56 bits per heavy atom. The molecule has 4 saturated carbocycles. The molecule has 6 rings (SSSR count). The molecule has 2 unspecified atom stereocenters. The number of hydrogen-bond acceptors (Lipinski definition) is 4. The molecule has 4 aliphatic carbocycles. The quantitative estimate of drug-likeness (QED) is 0.705. The lowest BCUT2D eigenvalue weighted by molar-refractivity contribution is -0.151. The molecule has 2 aromatic rings. The minimum absolute atomic E-state index is 0.179. The van der Waals surface area contributed by atoms with Gasteiger partial charge in [0.25, 0.3) is 0 Å². The van der Waals surface area contributed by atoms with Gasteiger partial charge in [-0.15, -0.1) is 11.3 Å². The molecule has 0 amide bonds. The lowest BCUT2D eigenvalue weighted by Crippen LogP contribution is -2.54. The molecular weight excluding hydrogens is 378 g/mol. The molecule has 0 radical (unpaired) electrons. The van der Waals surface area contributed by atoms with E-state index in [1.165, 1.54) is 12.8 Å². The third-order valence-electron chi connectivity index (χ3n) is 6.96. The number of rotatable bonds is 5. The minimum Gasteiger partial charge on any atom is -0.390 e. The van der Waals surface area contributed by atoms with E-state index < -0.39 is 5.60 Å². The molecule has 1 N–H and O–H groups in total. The van der Waals surface area contributed by atoms with E-state index in [9.17, 15) is 9.90 Å². The second kappa shape index (κ2) is 6.68. The van der Waals surface area contributed by atoms with E-state index in [-0.39, 0.29) is 5.78 Å². The van der Waals surface area contributed by atoms with Crippen molar-refractivity contribution in [3.8, 4) is 0 Å². The molecule has 5 heteroatoms. The van der Waals surface area contributed by atoms with E-state index in [4.69, 9.17) is 11.6 Å². The third kappa shape index (κ3) is 3.48. The van der Waals surface area contributed by atoms with Gasteiger partial charge in [-0.1, -0.05) is 23.7 Å². The van der Waals surface area contributed by atoms with Gasteiger partial charge in [-0.05, 0) is 73.5 Å². The number of ketones is 1. The van der Waals surface area contributed by atoms with Crippen LogP contribution in [0.2, 0.25) is 5.02 Å². The van der Waals surface area contributed by atoms with Gasteiger partial charge in [-0.3, -0.25) is 4.79 Å². The number of aliphatic hydroxyl groups is 1. The molecule has 0 spiro atoms. The summed E-state index contributed by atoms with van der Waals surface area (Å²) in [4.78, 5) is 17.5. The Balaban J connectivity index is 1.26. The van der Waals surface area contributed by atoms with Crippen LogP contribution >= 0.6 is 22.9 Å². The zero-order valence-electron chi connectivity index (χ0n) is 15.2. The van der Waals surface area contributed by atoms with Crippen LogP contribution < -0.4 is 0 Å². The highest BCUT2D eigenvalue weighted by molar-refractivity contribution is 7.09. The number of carbonyl (C=O) groups excluding carboxylic acids is 1. The van der Waals surface area contributed by atoms with Crippen molar-refractivity contribution in [2.45, 2.75) is 50.5 Å². The van der Waals surface area contributed by atoms with E-state index in [1.807, 2.05) is 29.6 Å². The Hall–Kier alpha value is -1.23. The predicted molar refractivity (Wildman–Crippen MR) is 107 cm³/mol. The summed E-state index contributed by atoms with van der Waals surface area (Å²) in [6, 6.07) is 7.78. The number of Topliss-reactive ketones (excluding diaryl/α,β-unsaturated/α-hetero) is 1. The van der Waals surface area contributed by atoms with Crippen molar-refractivity contribution >= 4 is 28.7 Å². The van der Waals surface area contributed by atoms with Crippen LogP contribution in [-0.4, -0.2) is 21.5 Å². The number of thiazole rings is 1. The second-order valence-electron chi connectivity index (χ2n) is 8.92. The Kier molecular flexibility index (Phi) is 4.41. The van der Waals surface area contributed by atoms with Gasteiger partial charge in [0.05, 0.1) is 10.6 Å². The fourth-order valence-corrected chi connectivity index (χ4v) is 6.99. The summed E-state index contributed by atoms with van der Waals surface area (Å²) in [7, 11) is 0. The van der Waals surface area contributed by atoms with Crippen molar-refractivity contribution in [2.24, 2.45) is 23.7 Å². The normalized spacial score (nSPS) is 34.1. The van der Waals surface area contributed by atoms with E-state index in [0.717, 1.165) is 41.3 Å². The molecule has 3 nitrogen and oxygen atoms in total. The maximum absolute atomic E-state index is 12.9. The Labute approximate surface area is 168 Å². The number of benzene rings is 1. The van der Waals surface area contributed by atoms with Crippen LogP contribution in [0.5, 0.6) is 0 Å². The third-order valence-corrected chi connectivity index (χ3v) is 8.06. The summed E-state index contributed by atoms with van der Waals surface area (Å²) >= 11 is 7.50. The molecular formula is C22H24ClNO2S. The summed E-state index contributed by atoms with van der Waals surface area (Å²) in [5.74, 6) is 2.35. The monoisotopic (exact) mass is 401 g/mol. The number of aromatic nitrogens is 1. The Morgan fingerprint density at radius 1 is 1.19 bits per heavy atom. The number of hydrogen-bond donors (Lipinski definition) is 1. The largest absolute Gasteiger partial charge is 0.390 e. The fourth-order valence-electron chi connectivity index (χ4n) is 6.04. The van der Waals surface area contributed by atoms with E-state index in [0.29, 0.717) is 35.8 Å². The smallest absolute Gasteiger partial charge is 0.182 e. The molecule has 0 saturated heterocycles. The highest BCUT2D eigenvalue weighted by Gasteiger charge is 2.54. The van der Waals surface area contributed by atoms with Gasteiger partial charge in [0.15, 0.2) is 5.78 Å². The van der Waals surface area contributed by atoms with E-state index in [1.54, 1.807) is 11.3 Å². The average molecular weight is 402 g/mol. The first kappa shape index (κ1) is 17.8.